The van der Waals surface area contributed by atoms with Crippen molar-refractivity contribution in [1.82, 2.24) is 19.8 Å². The average Bonchev–Trinajstić information content (AvgIpc) is 3.06. The van der Waals surface area contributed by atoms with Crippen LogP contribution in [0.1, 0.15) is 32.0 Å². The highest BCUT2D eigenvalue weighted by Crippen LogP contribution is 2.56. The summed E-state index contributed by atoms with van der Waals surface area (Å²) in [5.41, 5.74) is 0.366. The van der Waals surface area contributed by atoms with Crippen LogP contribution in [0.5, 0.6) is 0 Å². The average molecular weight is 337 g/mol. The number of carbonyl (C=O) groups is 1. The third kappa shape index (κ3) is 3.43. The van der Waals surface area contributed by atoms with Crippen molar-refractivity contribution in [3.05, 3.63) is 18.2 Å². The number of thioether (sulfide) groups is 1. The van der Waals surface area contributed by atoms with E-state index in [1.165, 1.54) is 12.8 Å². The minimum absolute atomic E-state index is 0.0737. The maximum Gasteiger partial charge on any atom is 0.226 e. The van der Waals surface area contributed by atoms with Crippen molar-refractivity contribution in [3.63, 3.8) is 0 Å². The molecule has 1 saturated heterocycles. The summed E-state index contributed by atoms with van der Waals surface area (Å²) in [5.74, 6) is 2.23. The molecule has 2 aliphatic rings. The molecule has 2 unspecified atom stereocenters. The molecular weight excluding hydrogens is 308 g/mol. The molecule has 6 heteroatoms. The molecule has 1 N–H and O–H groups in total. The van der Waals surface area contributed by atoms with Gasteiger partial charge in [0.05, 0.1) is 6.54 Å². The van der Waals surface area contributed by atoms with E-state index >= 15 is 0 Å². The van der Waals surface area contributed by atoms with Crippen LogP contribution < -0.4 is 5.32 Å². The van der Waals surface area contributed by atoms with Gasteiger partial charge in [-0.3, -0.25) is 4.79 Å². The minimum atomic E-state index is 0.0737. The summed E-state index contributed by atoms with van der Waals surface area (Å²) in [6.45, 7) is 4.87. The summed E-state index contributed by atoms with van der Waals surface area (Å²) in [6.07, 6.45) is 9.39. The third-order valence-corrected chi connectivity index (χ3v) is 6.31. The number of hydrogen-bond donors (Lipinski definition) is 1. The van der Waals surface area contributed by atoms with Gasteiger partial charge in [-0.1, -0.05) is 6.92 Å². The number of amides is 1. The Balaban J connectivity index is 1.76. The van der Waals surface area contributed by atoms with Crippen LogP contribution in [0.25, 0.3) is 0 Å². The zero-order valence-electron chi connectivity index (χ0n) is 14.4. The Morgan fingerprint density at radius 1 is 1.57 bits per heavy atom. The first kappa shape index (κ1) is 16.8. The first-order valence-corrected chi connectivity index (χ1v) is 9.93. The van der Waals surface area contributed by atoms with E-state index in [0.29, 0.717) is 23.9 Å². The Kier molecular flexibility index (Phi) is 5.01. The van der Waals surface area contributed by atoms with Gasteiger partial charge in [-0.05, 0) is 44.0 Å². The molecule has 0 bridgehead atoms. The molecule has 3 rings (SSSR count). The second-order valence-electron chi connectivity index (χ2n) is 7.11. The van der Waals surface area contributed by atoms with Crippen LogP contribution in [0.4, 0.5) is 0 Å². The molecule has 5 nitrogen and oxygen atoms in total. The molecule has 1 amide bonds. The van der Waals surface area contributed by atoms with E-state index in [4.69, 9.17) is 0 Å². The van der Waals surface area contributed by atoms with Crippen molar-refractivity contribution in [2.75, 3.05) is 25.1 Å². The van der Waals surface area contributed by atoms with E-state index in [2.05, 4.69) is 28.4 Å². The number of nitrogens with zero attached hydrogens (tertiary/aromatic N) is 3. The van der Waals surface area contributed by atoms with Gasteiger partial charge in [-0.15, -0.1) is 0 Å². The lowest BCUT2D eigenvalue weighted by molar-refractivity contribution is -0.136. The van der Waals surface area contributed by atoms with Crippen molar-refractivity contribution in [3.8, 4) is 0 Å². The Morgan fingerprint density at radius 2 is 2.30 bits per heavy atom. The van der Waals surface area contributed by atoms with Crippen LogP contribution in [-0.4, -0.2) is 51.5 Å². The van der Waals surface area contributed by atoms with E-state index in [0.717, 1.165) is 31.1 Å². The lowest BCUT2D eigenvalue weighted by Gasteiger charge is -2.31. The number of nitrogens with one attached hydrogen (secondary N) is 1. The van der Waals surface area contributed by atoms with Gasteiger partial charge in [0.15, 0.2) is 0 Å². The van der Waals surface area contributed by atoms with Gasteiger partial charge in [0, 0.05) is 37.2 Å². The SMILES string of the molecule is CSCC(C)C(=O)N(Cc1nccn1C)C1CC12CCNCC2. The van der Waals surface area contributed by atoms with E-state index in [1.807, 2.05) is 24.0 Å². The summed E-state index contributed by atoms with van der Waals surface area (Å²) in [4.78, 5) is 19.6. The zero-order valence-corrected chi connectivity index (χ0v) is 15.2. The molecule has 0 radical (unpaired) electrons. The van der Waals surface area contributed by atoms with Gasteiger partial charge in [-0.2, -0.15) is 11.8 Å². The molecule has 2 atom stereocenters. The fourth-order valence-corrected chi connectivity index (χ4v) is 4.52. The lowest BCUT2D eigenvalue weighted by atomic mass is 9.93. The monoisotopic (exact) mass is 336 g/mol. The number of piperidine rings is 1. The molecule has 0 aromatic carbocycles. The highest BCUT2D eigenvalue weighted by Gasteiger charge is 2.58. The van der Waals surface area contributed by atoms with Crippen molar-refractivity contribution < 1.29 is 4.79 Å². The summed E-state index contributed by atoms with van der Waals surface area (Å²) >= 11 is 1.75. The van der Waals surface area contributed by atoms with Crippen LogP contribution in [0.15, 0.2) is 12.4 Å². The van der Waals surface area contributed by atoms with Crippen LogP contribution in [0.2, 0.25) is 0 Å². The standard InChI is InChI=1S/C17H28N4OS/c1-13(12-23-3)16(22)21(11-15-19-8-9-20(15)2)14-10-17(14)4-6-18-7-5-17/h8-9,13-14,18H,4-7,10-12H2,1-3H3. The normalized spacial score (nSPS) is 23.7. The van der Waals surface area contributed by atoms with Crippen LogP contribution in [0, 0.1) is 11.3 Å². The summed E-state index contributed by atoms with van der Waals surface area (Å²) < 4.78 is 2.02. The summed E-state index contributed by atoms with van der Waals surface area (Å²) in [6, 6.07) is 0.401. The first-order chi connectivity index (χ1) is 11.1. The quantitative estimate of drug-likeness (QED) is 0.862. The Morgan fingerprint density at radius 3 is 2.91 bits per heavy atom. The molecular formula is C17H28N4OS. The van der Waals surface area contributed by atoms with E-state index in [-0.39, 0.29) is 5.92 Å². The Hall–Kier alpha value is -1.01. The maximum atomic E-state index is 13.0. The molecule has 2 heterocycles. The largest absolute Gasteiger partial charge is 0.337 e. The van der Waals surface area contributed by atoms with E-state index in [1.54, 1.807) is 11.8 Å². The smallest absolute Gasteiger partial charge is 0.226 e. The van der Waals surface area contributed by atoms with Crippen LogP contribution in [-0.2, 0) is 18.4 Å². The van der Waals surface area contributed by atoms with Gasteiger partial charge in [0.25, 0.3) is 0 Å². The molecule has 1 aliphatic carbocycles. The van der Waals surface area contributed by atoms with Crippen molar-refractivity contribution in [1.29, 1.82) is 0 Å². The van der Waals surface area contributed by atoms with E-state index in [9.17, 15) is 4.79 Å². The molecule has 23 heavy (non-hydrogen) atoms. The van der Waals surface area contributed by atoms with E-state index < -0.39 is 0 Å². The second kappa shape index (κ2) is 6.85. The van der Waals surface area contributed by atoms with Gasteiger partial charge in [0.1, 0.15) is 5.82 Å². The van der Waals surface area contributed by atoms with Crippen molar-refractivity contribution >= 4 is 17.7 Å². The van der Waals surface area contributed by atoms with Gasteiger partial charge in [0.2, 0.25) is 5.91 Å². The lowest BCUT2D eigenvalue weighted by Crippen LogP contribution is -2.42. The Bertz CT molecular complexity index is 553. The third-order valence-electron chi connectivity index (χ3n) is 5.48. The number of aryl methyl sites for hydroxylation is 1. The highest BCUT2D eigenvalue weighted by atomic mass is 32.2. The highest BCUT2D eigenvalue weighted by molar-refractivity contribution is 7.98. The first-order valence-electron chi connectivity index (χ1n) is 8.54. The maximum absolute atomic E-state index is 13.0. The molecule has 1 spiro atoms. The van der Waals surface area contributed by atoms with Crippen molar-refractivity contribution in [2.45, 2.75) is 38.8 Å². The van der Waals surface area contributed by atoms with Crippen molar-refractivity contribution in [2.24, 2.45) is 18.4 Å². The number of imidazole rings is 1. The number of rotatable bonds is 6. The summed E-state index contributed by atoms with van der Waals surface area (Å²) in [7, 11) is 2.00. The molecule has 2 fully saturated rings. The Labute approximate surface area is 143 Å². The molecule has 1 aromatic heterocycles. The second-order valence-corrected chi connectivity index (χ2v) is 8.02. The summed E-state index contributed by atoms with van der Waals surface area (Å²) in [5, 5.41) is 3.44. The predicted octanol–water partition coefficient (Wildman–Crippen LogP) is 1.89. The van der Waals surface area contributed by atoms with Gasteiger partial charge < -0.3 is 14.8 Å². The zero-order chi connectivity index (χ0) is 16.4. The fourth-order valence-electron chi connectivity index (χ4n) is 3.88. The predicted molar refractivity (Wildman–Crippen MR) is 94.2 cm³/mol. The molecule has 128 valence electrons. The number of aromatic nitrogens is 2. The van der Waals surface area contributed by atoms with Crippen LogP contribution >= 0.6 is 11.8 Å². The molecule has 1 aromatic rings. The fraction of sp³-hybridized carbons (Fsp3) is 0.765. The minimum Gasteiger partial charge on any atom is -0.337 e. The van der Waals surface area contributed by atoms with Gasteiger partial charge >= 0.3 is 0 Å². The number of carbonyl (C=O) groups excluding carboxylic acids is 1. The number of hydrogen-bond acceptors (Lipinski definition) is 4. The van der Waals surface area contributed by atoms with Crippen LogP contribution in [0.3, 0.4) is 0 Å². The van der Waals surface area contributed by atoms with Gasteiger partial charge in [-0.25, -0.2) is 4.98 Å². The topological polar surface area (TPSA) is 50.2 Å². The molecule has 1 aliphatic heterocycles. The molecule has 1 saturated carbocycles.